The summed E-state index contributed by atoms with van der Waals surface area (Å²) in [6.07, 6.45) is 5.16. The lowest BCUT2D eigenvalue weighted by Crippen LogP contribution is -2.41. The molecule has 1 heteroatoms. The van der Waals surface area contributed by atoms with Gasteiger partial charge in [0, 0.05) is 12.1 Å². The van der Waals surface area contributed by atoms with Crippen molar-refractivity contribution in [3.63, 3.8) is 0 Å². The van der Waals surface area contributed by atoms with Crippen molar-refractivity contribution in [3.8, 4) is 0 Å². The van der Waals surface area contributed by atoms with Crippen LogP contribution in [0.1, 0.15) is 70.5 Å². The number of hydrogen-bond acceptors (Lipinski definition) is 1. The maximum atomic E-state index is 3.93. The van der Waals surface area contributed by atoms with E-state index in [0.29, 0.717) is 17.5 Å². The molecule has 1 N–H and O–H groups in total. The summed E-state index contributed by atoms with van der Waals surface area (Å²) in [5, 5.41) is 3.93. The zero-order chi connectivity index (χ0) is 14.8. The van der Waals surface area contributed by atoms with Gasteiger partial charge in [-0.2, -0.15) is 0 Å². The lowest BCUT2D eigenvalue weighted by Gasteiger charge is -2.41. The molecule has 0 aromatic heterocycles. The molecule has 0 aliphatic heterocycles. The quantitative estimate of drug-likeness (QED) is 0.790. The Bertz CT molecular complexity index is 418. The highest BCUT2D eigenvalue weighted by molar-refractivity contribution is 5.24. The van der Waals surface area contributed by atoms with Crippen LogP contribution in [0.15, 0.2) is 24.3 Å². The molecule has 3 atom stereocenters. The summed E-state index contributed by atoms with van der Waals surface area (Å²) in [7, 11) is 0. The third-order valence-electron chi connectivity index (χ3n) is 4.71. The highest BCUT2D eigenvalue weighted by atomic mass is 15.0. The molecule has 1 nitrogen and oxygen atoms in total. The van der Waals surface area contributed by atoms with E-state index in [1.807, 2.05) is 0 Å². The number of benzene rings is 1. The van der Waals surface area contributed by atoms with E-state index >= 15 is 0 Å². The van der Waals surface area contributed by atoms with E-state index < -0.39 is 0 Å². The van der Waals surface area contributed by atoms with E-state index in [1.54, 1.807) is 0 Å². The Morgan fingerprint density at radius 3 is 2.40 bits per heavy atom. The van der Waals surface area contributed by atoms with Gasteiger partial charge in [-0.1, -0.05) is 57.5 Å². The summed E-state index contributed by atoms with van der Waals surface area (Å²) in [4.78, 5) is 0. The Hall–Kier alpha value is -0.820. The van der Waals surface area contributed by atoms with Gasteiger partial charge < -0.3 is 5.32 Å². The predicted molar refractivity (Wildman–Crippen MR) is 87.9 cm³/mol. The summed E-state index contributed by atoms with van der Waals surface area (Å²) in [6, 6.07) is 10.2. The molecule has 1 fully saturated rings. The monoisotopic (exact) mass is 273 g/mol. The van der Waals surface area contributed by atoms with Crippen LogP contribution in [0.3, 0.4) is 0 Å². The van der Waals surface area contributed by atoms with Crippen molar-refractivity contribution in [2.24, 2.45) is 11.3 Å². The second-order valence-electron chi connectivity index (χ2n) is 7.65. The van der Waals surface area contributed by atoms with Crippen LogP contribution in [-0.4, -0.2) is 6.04 Å². The first-order valence-electron chi connectivity index (χ1n) is 8.22. The molecule has 1 aromatic carbocycles. The van der Waals surface area contributed by atoms with E-state index in [9.17, 15) is 0 Å². The van der Waals surface area contributed by atoms with Crippen molar-refractivity contribution in [2.75, 3.05) is 0 Å². The molecular formula is C19H31N. The molecule has 1 saturated carbocycles. The minimum atomic E-state index is 0.487. The average molecular weight is 273 g/mol. The molecule has 1 aromatic rings. The lowest BCUT2D eigenvalue weighted by atomic mass is 9.70. The maximum Gasteiger partial charge on any atom is 0.0320 e. The Labute approximate surface area is 125 Å². The van der Waals surface area contributed by atoms with Crippen molar-refractivity contribution in [2.45, 2.75) is 72.4 Å². The Morgan fingerprint density at radius 2 is 1.85 bits per heavy atom. The van der Waals surface area contributed by atoms with Gasteiger partial charge in [0.25, 0.3) is 0 Å². The Kier molecular flexibility index (Phi) is 4.90. The van der Waals surface area contributed by atoms with Crippen molar-refractivity contribution < 1.29 is 0 Å². The molecule has 1 aliphatic rings. The summed E-state index contributed by atoms with van der Waals surface area (Å²) in [6.45, 7) is 11.7. The topological polar surface area (TPSA) is 12.0 Å². The first-order valence-corrected chi connectivity index (χ1v) is 8.22. The van der Waals surface area contributed by atoms with Gasteiger partial charge in [0.2, 0.25) is 0 Å². The zero-order valence-corrected chi connectivity index (χ0v) is 13.9. The second-order valence-corrected chi connectivity index (χ2v) is 7.65. The highest BCUT2D eigenvalue weighted by Crippen LogP contribution is 2.39. The van der Waals surface area contributed by atoms with E-state index in [2.05, 4.69) is 64.2 Å². The van der Waals surface area contributed by atoms with Gasteiger partial charge in [0.1, 0.15) is 0 Å². The average Bonchev–Trinajstić information content (AvgIpc) is 2.34. The van der Waals surface area contributed by atoms with E-state index in [4.69, 9.17) is 0 Å². The van der Waals surface area contributed by atoms with Crippen molar-refractivity contribution >= 4 is 0 Å². The first-order chi connectivity index (χ1) is 9.39. The minimum Gasteiger partial charge on any atom is -0.307 e. The summed E-state index contributed by atoms with van der Waals surface area (Å²) in [5.74, 6) is 0.840. The molecule has 112 valence electrons. The van der Waals surface area contributed by atoms with E-state index in [0.717, 1.165) is 12.3 Å². The molecule has 3 unspecified atom stereocenters. The molecule has 2 rings (SSSR count). The third-order valence-corrected chi connectivity index (χ3v) is 4.71. The van der Waals surface area contributed by atoms with Gasteiger partial charge in [-0.3, -0.25) is 0 Å². The molecule has 0 bridgehead atoms. The third kappa shape index (κ3) is 4.09. The van der Waals surface area contributed by atoms with Gasteiger partial charge in [0.15, 0.2) is 0 Å². The summed E-state index contributed by atoms with van der Waals surface area (Å²) < 4.78 is 0. The van der Waals surface area contributed by atoms with E-state index in [1.165, 1.54) is 30.4 Å². The molecular weight excluding hydrogens is 242 g/mol. The minimum absolute atomic E-state index is 0.487. The Balaban J connectivity index is 2.04. The molecule has 0 saturated heterocycles. The fourth-order valence-corrected chi connectivity index (χ4v) is 4.01. The number of aryl methyl sites for hydroxylation is 1. The molecule has 1 aliphatic carbocycles. The molecule has 0 spiro atoms. The summed E-state index contributed by atoms with van der Waals surface area (Å²) in [5.41, 5.74) is 3.27. The van der Waals surface area contributed by atoms with Crippen LogP contribution in [0, 0.1) is 18.3 Å². The molecule has 0 radical (unpaired) electrons. The second kappa shape index (κ2) is 6.30. The summed E-state index contributed by atoms with van der Waals surface area (Å²) >= 11 is 0. The molecule has 20 heavy (non-hydrogen) atoms. The number of nitrogens with one attached hydrogen (secondary N) is 1. The molecule has 0 heterocycles. The lowest BCUT2D eigenvalue weighted by molar-refractivity contribution is 0.143. The highest BCUT2D eigenvalue weighted by Gasteiger charge is 2.32. The fourth-order valence-electron chi connectivity index (χ4n) is 4.01. The number of hydrogen-bond donors (Lipinski definition) is 1. The van der Waals surface area contributed by atoms with Gasteiger partial charge in [-0.05, 0) is 49.5 Å². The van der Waals surface area contributed by atoms with Crippen LogP contribution in [0.2, 0.25) is 0 Å². The van der Waals surface area contributed by atoms with Gasteiger partial charge in [-0.25, -0.2) is 0 Å². The van der Waals surface area contributed by atoms with Crippen molar-refractivity contribution in [3.05, 3.63) is 35.4 Å². The van der Waals surface area contributed by atoms with Crippen LogP contribution >= 0.6 is 0 Å². The normalized spacial score (nSPS) is 27.2. The SMILES string of the molecule is CCC(NC1CC(C)CC(C)(C)C1)c1ccc(C)cc1. The van der Waals surface area contributed by atoms with Crippen LogP contribution in [0.5, 0.6) is 0 Å². The standard InChI is InChI=1S/C19H31N/c1-6-18(16-9-7-14(2)8-10-16)20-17-11-15(3)12-19(4,5)13-17/h7-10,15,17-18,20H,6,11-13H2,1-5H3. The number of rotatable bonds is 4. The first kappa shape index (κ1) is 15.6. The van der Waals surface area contributed by atoms with Crippen LogP contribution in [-0.2, 0) is 0 Å². The van der Waals surface area contributed by atoms with Crippen LogP contribution < -0.4 is 5.32 Å². The van der Waals surface area contributed by atoms with Gasteiger partial charge in [-0.15, -0.1) is 0 Å². The smallest absolute Gasteiger partial charge is 0.0320 e. The fraction of sp³-hybridized carbons (Fsp3) is 0.684. The van der Waals surface area contributed by atoms with Crippen LogP contribution in [0.4, 0.5) is 0 Å². The van der Waals surface area contributed by atoms with Crippen molar-refractivity contribution in [1.29, 1.82) is 0 Å². The van der Waals surface area contributed by atoms with Gasteiger partial charge in [0.05, 0.1) is 0 Å². The molecule has 0 amide bonds. The zero-order valence-electron chi connectivity index (χ0n) is 13.9. The van der Waals surface area contributed by atoms with Crippen molar-refractivity contribution in [1.82, 2.24) is 5.32 Å². The van der Waals surface area contributed by atoms with Crippen LogP contribution in [0.25, 0.3) is 0 Å². The Morgan fingerprint density at radius 1 is 1.20 bits per heavy atom. The maximum absolute atomic E-state index is 3.93. The predicted octanol–water partition coefficient (Wildman–Crippen LogP) is 5.25. The largest absolute Gasteiger partial charge is 0.307 e. The van der Waals surface area contributed by atoms with E-state index in [-0.39, 0.29) is 0 Å². The van der Waals surface area contributed by atoms with Gasteiger partial charge >= 0.3 is 0 Å².